The molecule has 3 rings (SSSR count). The van der Waals surface area contributed by atoms with E-state index in [0.29, 0.717) is 17.8 Å². The summed E-state index contributed by atoms with van der Waals surface area (Å²) in [6, 6.07) is 11.7. The molecule has 9 heteroatoms. The number of nitrogens with zero attached hydrogens (tertiary/aromatic N) is 4. The number of H-pyrrole nitrogens is 1. The molecule has 0 unspecified atom stereocenters. The maximum atomic E-state index is 12.0. The first-order valence-electron chi connectivity index (χ1n) is 7.26. The average molecular weight is 344 g/mol. The molecule has 0 bridgehead atoms. The van der Waals surface area contributed by atoms with Gasteiger partial charge in [0, 0.05) is 24.7 Å². The van der Waals surface area contributed by atoms with Crippen LogP contribution < -0.4 is 5.32 Å². The van der Waals surface area contributed by atoms with E-state index in [1.807, 2.05) is 30.3 Å². The van der Waals surface area contributed by atoms with Crippen molar-refractivity contribution in [2.75, 3.05) is 18.1 Å². The number of anilines is 1. The first kappa shape index (κ1) is 16.1. The number of hydrogen-bond acceptors (Lipinski definition) is 7. The molecule has 0 aliphatic rings. The fourth-order valence-corrected chi connectivity index (χ4v) is 3.18. The Morgan fingerprint density at radius 3 is 2.62 bits per heavy atom. The van der Waals surface area contributed by atoms with Gasteiger partial charge >= 0.3 is 0 Å². The highest BCUT2D eigenvalue weighted by molar-refractivity contribution is 7.90. The van der Waals surface area contributed by atoms with Crippen LogP contribution >= 0.6 is 0 Å². The molecule has 0 spiro atoms. The highest BCUT2D eigenvalue weighted by Crippen LogP contribution is 2.30. The van der Waals surface area contributed by atoms with Gasteiger partial charge in [-0.25, -0.2) is 18.5 Å². The number of pyridine rings is 1. The number of aromatic amines is 1. The van der Waals surface area contributed by atoms with Gasteiger partial charge in [-0.1, -0.05) is 30.3 Å². The van der Waals surface area contributed by atoms with E-state index in [9.17, 15) is 8.42 Å². The lowest BCUT2D eigenvalue weighted by atomic mass is 10.1. The number of benzene rings is 1. The topological polar surface area (TPSA) is 114 Å². The van der Waals surface area contributed by atoms with Gasteiger partial charge in [0.25, 0.3) is 0 Å². The maximum absolute atomic E-state index is 12.0. The lowest BCUT2D eigenvalue weighted by Crippen LogP contribution is -2.10. The van der Waals surface area contributed by atoms with E-state index in [-0.39, 0.29) is 10.9 Å². The second-order valence-corrected chi connectivity index (χ2v) is 7.15. The van der Waals surface area contributed by atoms with Crippen LogP contribution in [0, 0.1) is 0 Å². The van der Waals surface area contributed by atoms with Crippen molar-refractivity contribution in [1.82, 2.24) is 25.6 Å². The quantitative estimate of drug-likeness (QED) is 0.693. The number of aromatic nitrogens is 5. The fraction of sp³-hybridized carbons (Fsp3) is 0.200. The highest BCUT2D eigenvalue weighted by Gasteiger charge is 2.22. The van der Waals surface area contributed by atoms with E-state index < -0.39 is 9.84 Å². The minimum Gasteiger partial charge on any atom is -0.384 e. The largest absolute Gasteiger partial charge is 0.384 e. The van der Waals surface area contributed by atoms with Gasteiger partial charge in [-0.05, 0) is 28.5 Å². The van der Waals surface area contributed by atoms with Gasteiger partial charge in [0.05, 0.1) is 5.56 Å². The van der Waals surface area contributed by atoms with Crippen molar-refractivity contribution in [2.45, 2.75) is 11.4 Å². The summed E-state index contributed by atoms with van der Waals surface area (Å²) < 4.78 is 24.0. The Labute approximate surface area is 139 Å². The summed E-state index contributed by atoms with van der Waals surface area (Å²) in [7, 11) is -3.53. The van der Waals surface area contributed by atoms with Crippen molar-refractivity contribution in [3.05, 3.63) is 48.2 Å². The smallest absolute Gasteiger partial charge is 0.193 e. The molecule has 0 saturated heterocycles. The zero-order valence-electron chi connectivity index (χ0n) is 13.0. The van der Waals surface area contributed by atoms with Gasteiger partial charge < -0.3 is 5.32 Å². The van der Waals surface area contributed by atoms with Crippen LogP contribution in [0.3, 0.4) is 0 Å². The normalized spacial score (nSPS) is 11.4. The Balaban J connectivity index is 1.90. The van der Waals surface area contributed by atoms with E-state index in [1.54, 1.807) is 6.07 Å². The molecule has 0 aliphatic heterocycles. The number of sulfone groups is 1. The summed E-state index contributed by atoms with van der Waals surface area (Å²) >= 11 is 0. The summed E-state index contributed by atoms with van der Waals surface area (Å²) in [5, 5.41) is 16.6. The zero-order valence-corrected chi connectivity index (χ0v) is 13.8. The summed E-state index contributed by atoms with van der Waals surface area (Å²) in [5.41, 5.74) is 2.14. The minimum absolute atomic E-state index is 0.0641. The van der Waals surface area contributed by atoms with Crippen LogP contribution in [0.1, 0.15) is 5.56 Å². The molecular weight excluding hydrogens is 328 g/mol. The van der Waals surface area contributed by atoms with Gasteiger partial charge in [-0.3, -0.25) is 0 Å². The molecule has 24 heavy (non-hydrogen) atoms. The third-order valence-electron chi connectivity index (χ3n) is 3.42. The second kappa shape index (κ2) is 6.75. The molecule has 0 radical (unpaired) electrons. The molecule has 0 fully saturated rings. The van der Waals surface area contributed by atoms with E-state index in [1.165, 1.54) is 11.8 Å². The Morgan fingerprint density at radius 1 is 1.17 bits per heavy atom. The molecule has 2 aromatic heterocycles. The minimum atomic E-state index is -3.53. The SMILES string of the molecule is CS(=O)(=O)c1nccc(NCCc2ccccc2)c1-c1nnn[nH]1. The molecule has 1 aromatic carbocycles. The summed E-state index contributed by atoms with van der Waals surface area (Å²) in [5.74, 6) is 0.255. The van der Waals surface area contributed by atoms with Gasteiger partial charge in [0.1, 0.15) is 0 Å². The highest BCUT2D eigenvalue weighted by atomic mass is 32.2. The Morgan fingerprint density at radius 2 is 1.96 bits per heavy atom. The van der Waals surface area contributed by atoms with Gasteiger partial charge in [0.15, 0.2) is 20.7 Å². The predicted molar refractivity (Wildman–Crippen MR) is 89.2 cm³/mol. The lowest BCUT2D eigenvalue weighted by molar-refractivity contribution is 0.598. The van der Waals surface area contributed by atoms with Gasteiger partial charge in [-0.2, -0.15) is 0 Å². The van der Waals surface area contributed by atoms with Crippen LogP contribution in [-0.2, 0) is 16.3 Å². The van der Waals surface area contributed by atoms with Crippen molar-refractivity contribution in [2.24, 2.45) is 0 Å². The van der Waals surface area contributed by atoms with Crippen LogP contribution in [0.4, 0.5) is 5.69 Å². The van der Waals surface area contributed by atoms with Crippen LogP contribution in [0.15, 0.2) is 47.6 Å². The van der Waals surface area contributed by atoms with Crippen molar-refractivity contribution >= 4 is 15.5 Å². The Bertz CT molecular complexity index is 910. The van der Waals surface area contributed by atoms with Crippen LogP contribution in [0.2, 0.25) is 0 Å². The molecular formula is C15H16N6O2S. The molecule has 0 amide bonds. The van der Waals surface area contributed by atoms with Crippen molar-refractivity contribution < 1.29 is 8.42 Å². The number of tetrazole rings is 1. The van der Waals surface area contributed by atoms with Crippen molar-refractivity contribution in [3.63, 3.8) is 0 Å². The van der Waals surface area contributed by atoms with Crippen LogP contribution in [0.25, 0.3) is 11.4 Å². The third kappa shape index (κ3) is 3.57. The zero-order chi connectivity index (χ0) is 17.0. The Kier molecular flexibility index (Phi) is 4.52. The predicted octanol–water partition coefficient (Wildman–Crippen LogP) is 1.32. The first-order valence-corrected chi connectivity index (χ1v) is 9.16. The monoisotopic (exact) mass is 344 g/mol. The number of hydrogen-bond donors (Lipinski definition) is 2. The molecule has 2 heterocycles. The van der Waals surface area contributed by atoms with Crippen LogP contribution in [0.5, 0.6) is 0 Å². The van der Waals surface area contributed by atoms with Gasteiger partial charge in [0.2, 0.25) is 0 Å². The van der Waals surface area contributed by atoms with E-state index in [4.69, 9.17) is 0 Å². The number of rotatable bonds is 6. The molecule has 0 aliphatic carbocycles. The van der Waals surface area contributed by atoms with E-state index in [0.717, 1.165) is 12.7 Å². The Hall–Kier alpha value is -2.81. The molecule has 0 saturated carbocycles. The lowest BCUT2D eigenvalue weighted by Gasteiger charge is -2.12. The summed E-state index contributed by atoms with van der Waals surface area (Å²) in [6.07, 6.45) is 3.36. The van der Waals surface area contributed by atoms with Crippen molar-refractivity contribution in [1.29, 1.82) is 0 Å². The summed E-state index contributed by atoms with van der Waals surface area (Å²) in [4.78, 5) is 3.99. The van der Waals surface area contributed by atoms with Crippen LogP contribution in [-0.4, -0.2) is 46.8 Å². The first-order chi connectivity index (χ1) is 11.6. The standard InChI is InChI=1S/C15H16N6O2S/c1-24(22,23)15-13(14-18-20-21-19-14)12(8-10-17-15)16-9-7-11-5-3-2-4-6-11/h2-6,8,10H,7,9H2,1H3,(H,16,17)(H,18,19,20,21). The molecule has 8 nitrogen and oxygen atoms in total. The summed E-state index contributed by atoms with van der Waals surface area (Å²) in [6.45, 7) is 0.631. The van der Waals surface area contributed by atoms with Crippen molar-refractivity contribution in [3.8, 4) is 11.4 Å². The fourth-order valence-electron chi connectivity index (χ4n) is 2.35. The average Bonchev–Trinajstić information content (AvgIpc) is 3.09. The molecule has 0 atom stereocenters. The molecule has 2 N–H and O–H groups in total. The molecule has 124 valence electrons. The van der Waals surface area contributed by atoms with E-state index in [2.05, 4.69) is 30.9 Å². The maximum Gasteiger partial charge on any atom is 0.193 e. The second-order valence-electron chi connectivity index (χ2n) is 5.22. The molecule has 3 aromatic rings. The van der Waals surface area contributed by atoms with Gasteiger partial charge in [-0.15, -0.1) is 5.10 Å². The number of nitrogens with one attached hydrogen (secondary N) is 2. The van der Waals surface area contributed by atoms with E-state index >= 15 is 0 Å². The third-order valence-corrected chi connectivity index (χ3v) is 4.43.